The summed E-state index contributed by atoms with van der Waals surface area (Å²) in [6.45, 7) is 5.33. The van der Waals surface area contributed by atoms with Crippen molar-refractivity contribution in [2.24, 2.45) is 16.9 Å². The van der Waals surface area contributed by atoms with Crippen LogP contribution in [0.15, 0.2) is 0 Å². The van der Waals surface area contributed by atoms with E-state index in [0.29, 0.717) is 19.5 Å². The largest absolute Gasteiger partial charge is 0.351 e. The Labute approximate surface area is 107 Å². The minimum atomic E-state index is -0.793. The van der Waals surface area contributed by atoms with Crippen LogP contribution in [0.1, 0.15) is 19.8 Å². The van der Waals surface area contributed by atoms with Gasteiger partial charge in [0, 0.05) is 19.5 Å². The molecule has 1 heterocycles. The topological polar surface area (TPSA) is 101 Å². The van der Waals surface area contributed by atoms with E-state index in [1.807, 2.05) is 0 Å². The molecule has 1 unspecified atom stereocenters. The summed E-state index contributed by atoms with van der Waals surface area (Å²) in [5.41, 5.74) is 10.7. The zero-order valence-corrected chi connectivity index (χ0v) is 10.9. The van der Waals surface area contributed by atoms with Gasteiger partial charge >= 0.3 is 6.03 Å². The molecule has 1 atom stereocenters. The molecule has 1 saturated heterocycles. The number of likely N-dealkylation sites (tertiary alicyclic amines) is 1. The van der Waals surface area contributed by atoms with E-state index in [1.165, 1.54) is 0 Å². The SMILES string of the molecule is CC1(CN)CCN(CCC(=O)NC(N)=O)C1.Cl. The molecule has 0 aromatic heterocycles. The van der Waals surface area contributed by atoms with Crippen LogP contribution >= 0.6 is 12.4 Å². The molecule has 0 spiro atoms. The van der Waals surface area contributed by atoms with Gasteiger partial charge in [-0.15, -0.1) is 12.4 Å². The zero-order chi connectivity index (χ0) is 12.2. The molecule has 6 nitrogen and oxygen atoms in total. The predicted octanol–water partition coefficient (Wildman–Crippen LogP) is -0.336. The molecule has 7 heteroatoms. The van der Waals surface area contributed by atoms with Crippen LogP contribution in [-0.2, 0) is 4.79 Å². The van der Waals surface area contributed by atoms with Crippen LogP contribution in [0.4, 0.5) is 4.79 Å². The number of rotatable bonds is 4. The van der Waals surface area contributed by atoms with Crippen LogP contribution in [0.25, 0.3) is 0 Å². The monoisotopic (exact) mass is 264 g/mol. The average molecular weight is 265 g/mol. The highest BCUT2D eigenvalue weighted by Crippen LogP contribution is 2.28. The molecule has 1 rings (SSSR count). The Morgan fingerprint density at radius 2 is 2.12 bits per heavy atom. The molecule has 0 bridgehead atoms. The maximum absolute atomic E-state index is 11.2. The van der Waals surface area contributed by atoms with Crippen molar-refractivity contribution in [1.82, 2.24) is 10.2 Å². The Bertz CT molecular complexity index is 287. The average Bonchev–Trinajstić information content (AvgIpc) is 2.57. The second-order valence-electron chi connectivity index (χ2n) is 4.70. The van der Waals surface area contributed by atoms with Crippen LogP contribution in [0.5, 0.6) is 0 Å². The first-order valence-corrected chi connectivity index (χ1v) is 5.47. The molecular formula is C10H21ClN4O2. The van der Waals surface area contributed by atoms with Crippen LogP contribution < -0.4 is 16.8 Å². The van der Waals surface area contributed by atoms with Gasteiger partial charge in [0.25, 0.3) is 0 Å². The van der Waals surface area contributed by atoms with Crippen molar-refractivity contribution in [2.75, 3.05) is 26.2 Å². The van der Waals surface area contributed by atoms with Crippen LogP contribution in [0.2, 0.25) is 0 Å². The highest BCUT2D eigenvalue weighted by Gasteiger charge is 2.32. The van der Waals surface area contributed by atoms with Crippen LogP contribution in [0, 0.1) is 5.41 Å². The van der Waals surface area contributed by atoms with Crippen molar-refractivity contribution in [3.8, 4) is 0 Å². The smallest absolute Gasteiger partial charge is 0.318 e. The summed E-state index contributed by atoms with van der Waals surface area (Å²) in [5, 5.41) is 2.05. The van der Waals surface area contributed by atoms with Crippen molar-refractivity contribution < 1.29 is 9.59 Å². The van der Waals surface area contributed by atoms with Crippen molar-refractivity contribution in [1.29, 1.82) is 0 Å². The van der Waals surface area contributed by atoms with E-state index in [4.69, 9.17) is 11.5 Å². The summed E-state index contributed by atoms with van der Waals surface area (Å²) < 4.78 is 0. The van der Waals surface area contributed by atoms with Gasteiger partial charge < -0.3 is 16.4 Å². The number of carbonyl (C=O) groups excluding carboxylic acids is 2. The third-order valence-electron chi connectivity index (χ3n) is 3.05. The normalized spacial score (nSPS) is 24.1. The summed E-state index contributed by atoms with van der Waals surface area (Å²) in [7, 11) is 0. The molecule has 17 heavy (non-hydrogen) atoms. The first kappa shape index (κ1) is 16.1. The molecule has 0 aliphatic carbocycles. The van der Waals surface area contributed by atoms with E-state index in [9.17, 15) is 9.59 Å². The number of nitrogens with one attached hydrogen (secondary N) is 1. The van der Waals surface area contributed by atoms with Gasteiger partial charge in [-0.3, -0.25) is 10.1 Å². The Morgan fingerprint density at radius 3 is 2.59 bits per heavy atom. The third-order valence-corrected chi connectivity index (χ3v) is 3.05. The van der Waals surface area contributed by atoms with Crippen molar-refractivity contribution >= 4 is 24.3 Å². The van der Waals surface area contributed by atoms with Gasteiger partial charge in [-0.1, -0.05) is 6.92 Å². The number of hydrogen-bond donors (Lipinski definition) is 3. The van der Waals surface area contributed by atoms with Gasteiger partial charge in [0.2, 0.25) is 5.91 Å². The molecule has 0 saturated carbocycles. The standard InChI is InChI=1S/C10H20N4O2.ClH/c1-10(6-11)3-5-14(7-10)4-2-8(15)13-9(12)16;/h2-7,11H2,1H3,(H3,12,13,15,16);1H. The van der Waals surface area contributed by atoms with Gasteiger partial charge in [-0.2, -0.15) is 0 Å². The Kier molecular flexibility index (Phi) is 6.44. The van der Waals surface area contributed by atoms with Crippen molar-refractivity contribution in [2.45, 2.75) is 19.8 Å². The number of urea groups is 1. The molecular weight excluding hydrogens is 244 g/mol. The number of hydrogen-bond acceptors (Lipinski definition) is 4. The minimum absolute atomic E-state index is 0. The lowest BCUT2D eigenvalue weighted by Crippen LogP contribution is -2.37. The summed E-state index contributed by atoms with van der Waals surface area (Å²) in [4.78, 5) is 23.8. The highest BCUT2D eigenvalue weighted by molar-refractivity contribution is 5.93. The number of halogens is 1. The Hall–Kier alpha value is -0.850. The molecule has 1 aliphatic heterocycles. The number of amides is 3. The van der Waals surface area contributed by atoms with E-state index in [2.05, 4.69) is 17.1 Å². The molecule has 3 amide bonds. The molecule has 100 valence electrons. The first-order valence-electron chi connectivity index (χ1n) is 5.47. The van der Waals surface area contributed by atoms with E-state index < -0.39 is 6.03 Å². The van der Waals surface area contributed by atoms with Gasteiger partial charge in [-0.25, -0.2) is 4.79 Å². The van der Waals surface area contributed by atoms with E-state index in [-0.39, 0.29) is 23.7 Å². The minimum Gasteiger partial charge on any atom is -0.351 e. The summed E-state index contributed by atoms with van der Waals surface area (Å²) in [6.07, 6.45) is 1.35. The summed E-state index contributed by atoms with van der Waals surface area (Å²) in [6, 6.07) is -0.793. The molecule has 0 aromatic carbocycles. The summed E-state index contributed by atoms with van der Waals surface area (Å²) >= 11 is 0. The second-order valence-corrected chi connectivity index (χ2v) is 4.70. The lowest BCUT2D eigenvalue weighted by atomic mass is 9.90. The number of imide groups is 1. The summed E-state index contributed by atoms with van der Waals surface area (Å²) in [5.74, 6) is -0.325. The highest BCUT2D eigenvalue weighted by atomic mass is 35.5. The fourth-order valence-corrected chi connectivity index (χ4v) is 1.94. The van der Waals surface area contributed by atoms with Gasteiger partial charge in [0.15, 0.2) is 0 Å². The first-order chi connectivity index (χ1) is 7.45. The third kappa shape index (κ3) is 5.34. The van der Waals surface area contributed by atoms with Gasteiger partial charge in [-0.05, 0) is 24.9 Å². The van der Waals surface area contributed by atoms with Crippen molar-refractivity contribution in [3.63, 3.8) is 0 Å². The van der Waals surface area contributed by atoms with E-state index >= 15 is 0 Å². The fraction of sp³-hybridized carbons (Fsp3) is 0.800. The number of nitrogens with zero attached hydrogens (tertiary/aromatic N) is 1. The number of primary amides is 1. The Morgan fingerprint density at radius 1 is 1.47 bits per heavy atom. The Balaban J connectivity index is 0.00000256. The van der Waals surface area contributed by atoms with E-state index in [1.54, 1.807) is 0 Å². The van der Waals surface area contributed by atoms with Gasteiger partial charge in [0.1, 0.15) is 0 Å². The van der Waals surface area contributed by atoms with Crippen molar-refractivity contribution in [3.05, 3.63) is 0 Å². The maximum atomic E-state index is 11.2. The molecule has 0 radical (unpaired) electrons. The van der Waals surface area contributed by atoms with Crippen LogP contribution in [0.3, 0.4) is 0 Å². The molecule has 5 N–H and O–H groups in total. The second kappa shape index (κ2) is 6.78. The molecule has 1 aliphatic rings. The number of nitrogens with two attached hydrogens (primary N) is 2. The quantitative estimate of drug-likeness (QED) is 0.647. The van der Waals surface area contributed by atoms with Gasteiger partial charge in [0.05, 0.1) is 0 Å². The number of carbonyl (C=O) groups is 2. The predicted molar refractivity (Wildman–Crippen MR) is 67.8 cm³/mol. The lowest BCUT2D eigenvalue weighted by molar-refractivity contribution is -0.120. The zero-order valence-electron chi connectivity index (χ0n) is 10.1. The molecule has 1 fully saturated rings. The van der Waals surface area contributed by atoms with Crippen LogP contribution in [-0.4, -0.2) is 43.0 Å². The fourth-order valence-electron chi connectivity index (χ4n) is 1.94. The maximum Gasteiger partial charge on any atom is 0.318 e. The van der Waals surface area contributed by atoms with E-state index in [0.717, 1.165) is 19.5 Å². The molecule has 0 aromatic rings. The lowest BCUT2D eigenvalue weighted by Gasteiger charge is -2.22.